The Hall–Kier alpha value is -1.87. The molecule has 0 aliphatic heterocycles. The quantitative estimate of drug-likeness (QED) is 0.880. The van der Waals surface area contributed by atoms with Gasteiger partial charge in [-0.1, -0.05) is 24.3 Å². The van der Waals surface area contributed by atoms with Crippen molar-refractivity contribution < 1.29 is 5.11 Å². The summed E-state index contributed by atoms with van der Waals surface area (Å²) in [7, 11) is 0. The average Bonchev–Trinajstić information content (AvgIpc) is 2.46. The number of nitrogens with zero attached hydrogens (tertiary/aromatic N) is 1. The second-order valence-electron chi connectivity index (χ2n) is 5.64. The molecular weight excluding hydrogens is 248 g/mol. The fraction of sp³-hybridized carbons (Fsp3) is 0.353. The predicted octanol–water partition coefficient (Wildman–Crippen LogP) is 2.81. The van der Waals surface area contributed by atoms with Crippen LogP contribution in [0.2, 0.25) is 0 Å². The zero-order valence-corrected chi connectivity index (χ0v) is 11.7. The summed E-state index contributed by atoms with van der Waals surface area (Å²) in [6, 6.07) is 10.4. The molecule has 1 aromatic carbocycles. The Morgan fingerprint density at radius 1 is 1.25 bits per heavy atom. The molecule has 1 heterocycles. The van der Waals surface area contributed by atoms with E-state index in [1.54, 1.807) is 6.20 Å². The number of aryl methyl sites for hydroxylation is 2. The van der Waals surface area contributed by atoms with Gasteiger partial charge in [-0.05, 0) is 54.9 Å². The second-order valence-corrected chi connectivity index (χ2v) is 5.64. The van der Waals surface area contributed by atoms with Gasteiger partial charge in [-0.15, -0.1) is 0 Å². The first kappa shape index (κ1) is 13.1. The zero-order valence-electron chi connectivity index (χ0n) is 11.7. The van der Waals surface area contributed by atoms with Gasteiger partial charge >= 0.3 is 0 Å². The zero-order chi connectivity index (χ0) is 14.1. The number of pyridine rings is 1. The van der Waals surface area contributed by atoms with Crippen LogP contribution >= 0.6 is 0 Å². The maximum Gasteiger partial charge on any atom is 0.129 e. The average molecular weight is 268 g/mol. The molecule has 1 aliphatic rings. The van der Waals surface area contributed by atoms with Gasteiger partial charge in [0.2, 0.25) is 0 Å². The number of rotatable bonds is 2. The van der Waals surface area contributed by atoms with E-state index < -0.39 is 6.10 Å². The highest BCUT2D eigenvalue weighted by Gasteiger charge is 2.28. The number of fused-ring (bicyclic) bond motifs is 1. The molecule has 3 heteroatoms. The standard InChI is InChI=1S/C17H20N2O/c1-11-8-9-19-17(18)15(11)16(20)14-7-6-12-4-2-3-5-13(12)10-14/h2-5,8-9,14,16,20H,6-7,10H2,1H3,(H2,18,19). The number of benzene rings is 1. The van der Waals surface area contributed by atoms with E-state index in [1.807, 2.05) is 13.0 Å². The summed E-state index contributed by atoms with van der Waals surface area (Å²) in [5.41, 5.74) is 10.5. The van der Waals surface area contributed by atoms with Crippen molar-refractivity contribution in [3.8, 4) is 0 Å². The number of aliphatic hydroxyl groups excluding tert-OH is 1. The number of nitrogen functional groups attached to an aromatic ring is 1. The molecule has 0 bridgehead atoms. The maximum absolute atomic E-state index is 10.7. The van der Waals surface area contributed by atoms with E-state index in [-0.39, 0.29) is 5.92 Å². The van der Waals surface area contributed by atoms with Gasteiger partial charge < -0.3 is 10.8 Å². The van der Waals surface area contributed by atoms with Crippen LogP contribution in [0.15, 0.2) is 36.5 Å². The SMILES string of the molecule is Cc1ccnc(N)c1C(O)C1CCc2ccccc2C1. The summed E-state index contributed by atoms with van der Waals surface area (Å²) in [4.78, 5) is 4.12. The Morgan fingerprint density at radius 3 is 2.75 bits per heavy atom. The lowest BCUT2D eigenvalue weighted by Gasteiger charge is -2.29. The van der Waals surface area contributed by atoms with E-state index in [2.05, 4.69) is 29.2 Å². The summed E-state index contributed by atoms with van der Waals surface area (Å²) in [6.07, 6.45) is 4.09. The summed E-state index contributed by atoms with van der Waals surface area (Å²) >= 11 is 0. The van der Waals surface area contributed by atoms with Gasteiger partial charge in [-0.25, -0.2) is 4.98 Å². The first-order valence-corrected chi connectivity index (χ1v) is 7.12. The lowest BCUT2D eigenvalue weighted by atomic mass is 9.78. The third kappa shape index (κ3) is 2.29. The van der Waals surface area contributed by atoms with Crippen molar-refractivity contribution in [2.75, 3.05) is 5.73 Å². The molecule has 20 heavy (non-hydrogen) atoms. The second kappa shape index (κ2) is 5.25. The van der Waals surface area contributed by atoms with Crippen molar-refractivity contribution in [3.63, 3.8) is 0 Å². The van der Waals surface area contributed by atoms with Crippen molar-refractivity contribution >= 4 is 5.82 Å². The van der Waals surface area contributed by atoms with Crippen molar-refractivity contribution in [2.24, 2.45) is 5.92 Å². The molecule has 1 aliphatic carbocycles. The van der Waals surface area contributed by atoms with E-state index in [0.29, 0.717) is 5.82 Å². The topological polar surface area (TPSA) is 59.1 Å². The Morgan fingerprint density at radius 2 is 2.00 bits per heavy atom. The molecule has 0 saturated heterocycles. The van der Waals surface area contributed by atoms with E-state index in [1.165, 1.54) is 11.1 Å². The van der Waals surface area contributed by atoms with Gasteiger partial charge in [-0.3, -0.25) is 0 Å². The molecule has 104 valence electrons. The highest BCUT2D eigenvalue weighted by Crippen LogP contribution is 2.36. The highest BCUT2D eigenvalue weighted by atomic mass is 16.3. The third-order valence-electron chi connectivity index (χ3n) is 4.37. The minimum atomic E-state index is -0.531. The van der Waals surface area contributed by atoms with Crippen LogP contribution in [0.5, 0.6) is 0 Å². The Balaban J connectivity index is 1.88. The maximum atomic E-state index is 10.7. The third-order valence-corrected chi connectivity index (χ3v) is 4.37. The summed E-state index contributed by atoms with van der Waals surface area (Å²) in [5, 5.41) is 10.7. The minimum Gasteiger partial charge on any atom is -0.388 e. The molecular formula is C17H20N2O. The first-order valence-electron chi connectivity index (χ1n) is 7.12. The molecule has 3 nitrogen and oxygen atoms in total. The fourth-order valence-electron chi connectivity index (χ4n) is 3.21. The van der Waals surface area contributed by atoms with Crippen LogP contribution in [-0.2, 0) is 12.8 Å². The summed E-state index contributed by atoms with van der Waals surface area (Å²) in [5.74, 6) is 0.673. The van der Waals surface area contributed by atoms with Crippen LogP contribution in [0.3, 0.4) is 0 Å². The van der Waals surface area contributed by atoms with Gasteiger partial charge in [-0.2, -0.15) is 0 Å². The molecule has 0 saturated carbocycles. The number of anilines is 1. The lowest BCUT2D eigenvalue weighted by molar-refractivity contribution is 0.0993. The molecule has 2 unspecified atom stereocenters. The molecule has 1 aromatic heterocycles. The Labute approximate surface area is 119 Å². The monoisotopic (exact) mass is 268 g/mol. The van der Waals surface area contributed by atoms with Crippen LogP contribution < -0.4 is 5.73 Å². The van der Waals surface area contributed by atoms with Crippen molar-refractivity contribution in [1.29, 1.82) is 0 Å². The summed E-state index contributed by atoms with van der Waals surface area (Å²) < 4.78 is 0. The summed E-state index contributed by atoms with van der Waals surface area (Å²) in [6.45, 7) is 1.98. The predicted molar refractivity (Wildman–Crippen MR) is 80.3 cm³/mol. The van der Waals surface area contributed by atoms with E-state index in [4.69, 9.17) is 5.73 Å². The molecule has 0 spiro atoms. The molecule has 2 aromatic rings. The fourth-order valence-corrected chi connectivity index (χ4v) is 3.21. The van der Waals surface area contributed by atoms with Crippen molar-refractivity contribution in [3.05, 3.63) is 58.8 Å². The van der Waals surface area contributed by atoms with Crippen molar-refractivity contribution in [2.45, 2.75) is 32.3 Å². The number of aliphatic hydroxyl groups is 1. The number of aromatic nitrogens is 1. The lowest BCUT2D eigenvalue weighted by Crippen LogP contribution is -2.22. The Bertz CT molecular complexity index is 604. The first-order chi connectivity index (χ1) is 9.66. The van der Waals surface area contributed by atoms with Gasteiger partial charge in [0.25, 0.3) is 0 Å². The van der Waals surface area contributed by atoms with Crippen LogP contribution in [0, 0.1) is 12.8 Å². The normalized spacial score (nSPS) is 19.4. The molecule has 3 N–H and O–H groups in total. The largest absolute Gasteiger partial charge is 0.388 e. The number of hydrogen-bond donors (Lipinski definition) is 2. The molecule has 2 atom stereocenters. The molecule has 0 radical (unpaired) electrons. The Kier molecular flexibility index (Phi) is 3.45. The van der Waals surface area contributed by atoms with Gasteiger partial charge in [0.15, 0.2) is 0 Å². The minimum absolute atomic E-state index is 0.218. The van der Waals surface area contributed by atoms with Crippen LogP contribution in [0.1, 0.15) is 34.8 Å². The van der Waals surface area contributed by atoms with E-state index in [0.717, 1.165) is 30.4 Å². The highest BCUT2D eigenvalue weighted by molar-refractivity contribution is 5.46. The molecule has 3 rings (SSSR count). The molecule has 0 amide bonds. The van der Waals surface area contributed by atoms with E-state index >= 15 is 0 Å². The number of hydrogen-bond acceptors (Lipinski definition) is 3. The smallest absolute Gasteiger partial charge is 0.129 e. The van der Waals surface area contributed by atoms with Crippen LogP contribution in [-0.4, -0.2) is 10.1 Å². The van der Waals surface area contributed by atoms with Crippen LogP contribution in [0.25, 0.3) is 0 Å². The number of nitrogens with two attached hydrogens (primary N) is 1. The van der Waals surface area contributed by atoms with Crippen LogP contribution in [0.4, 0.5) is 5.82 Å². The van der Waals surface area contributed by atoms with Gasteiger partial charge in [0.1, 0.15) is 5.82 Å². The van der Waals surface area contributed by atoms with Gasteiger partial charge in [0, 0.05) is 11.8 Å². The molecule has 0 fully saturated rings. The van der Waals surface area contributed by atoms with Gasteiger partial charge in [0.05, 0.1) is 6.10 Å². The van der Waals surface area contributed by atoms with Crippen molar-refractivity contribution in [1.82, 2.24) is 4.98 Å². The van der Waals surface area contributed by atoms with E-state index in [9.17, 15) is 5.11 Å².